The highest BCUT2D eigenvalue weighted by atomic mass is 16.3. The molecule has 1 aliphatic rings. The molecule has 18 heavy (non-hydrogen) atoms. The highest BCUT2D eigenvalue weighted by Gasteiger charge is 2.22. The van der Waals surface area contributed by atoms with Crippen LogP contribution in [-0.2, 0) is 12.8 Å². The fraction of sp³-hybridized carbons (Fsp3) is 0.400. The van der Waals surface area contributed by atoms with E-state index in [-0.39, 0.29) is 6.04 Å². The van der Waals surface area contributed by atoms with Gasteiger partial charge in [-0.25, -0.2) is 4.68 Å². The van der Waals surface area contributed by atoms with Crippen molar-refractivity contribution in [1.82, 2.24) is 9.78 Å². The Morgan fingerprint density at radius 1 is 1.17 bits per heavy atom. The van der Waals surface area contributed by atoms with Crippen molar-refractivity contribution in [2.75, 3.05) is 0 Å². The van der Waals surface area contributed by atoms with Gasteiger partial charge in [-0.05, 0) is 38.2 Å². The Morgan fingerprint density at radius 3 is 2.61 bits per heavy atom. The average molecular weight is 242 g/mol. The fourth-order valence-electron chi connectivity index (χ4n) is 2.70. The molecule has 0 saturated carbocycles. The van der Waals surface area contributed by atoms with Crippen LogP contribution in [0.4, 0.5) is 0 Å². The Balaban J connectivity index is 2.00. The average Bonchev–Trinajstić information content (AvgIpc) is 2.77. The van der Waals surface area contributed by atoms with Gasteiger partial charge in [0.25, 0.3) is 0 Å². The third-order valence-corrected chi connectivity index (χ3v) is 3.80. The van der Waals surface area contributed by atoms with Crippen LogP contribution in [0.1, 0.15) is 42.6 Å². The van der Waals surface area contributed by atoms with E-state index in [1.807, 2.05) is 18.2 Å². The molecule has 1 aromatic carbocycles. The smallest absolute Gasteiger partial charge is 0.213 e. The van der Waals surface area contributed by atoms with Gasteiger partial charge in [-0.3, -0.25) is 0 Å². The van der Waals surface area contributed by atoms with Gasteiger partial charge >= 0.3 is 0 Å². The number of fused-ring (bicyclic) bond motifs is 1. The summed E-state index contributed by atoms with van der Waals surface area (Å²) in [4.78, 5) is 0. The molecule has 1 aromatic heterocycles. The van der Waals surface area contributed by atoms with E-state index in [0.717, 1.165) is 30.5 Å². The third kappa shape index (κ3) is 1.80. The predicted octanol–water partition coefficient (Wildman–Crippen LogP) is 3.08. The summed E-state index contributed by atoms with van der Waals surface area (Å²) in [6.45, 7) is 2.08. The minimum Gasteiger partial charge on any atom is -0.493 e. The van der Waals surface area contributed by atoms with Gasteiger partial charge < -0.3 is 5.11 Å². The third-order valence-electron chi connectivity index (χ3n) is 3.80. The van der Waals surface area contributed by atoms with Crippen LogP contribution in [0.3, 0.4) is 0 Å². The lowest BCUT2D eigenvalue weighted by Gasteiger charge is -2.13. The van der Waals surface area contributed by atoms with Gasteiger partial charge in [0.2, 0.25) is 5.88 Å². The maximum Gasteiger partial charge on any atom is 0.213 e. The van der Waals surface area contributed by atoms with Gasteiger partial charge in [-0.2, -0.15) is 5.10 Å². The van der Waals surface area contributed by atoms with Crippen molar-refractivity contribution in [2.24, 2.45) is 0 Å². The van der Waals surface area contributed by atoms with Gasteiger partial charge in [0.05, 0.1) is 11.7 Å². The first kappa shape index (κ1) is 11.3. The molecule has 3 nitrogen and oxygen atoms in total. The van der Waals surface area contributed by atoms with Gasteiger partial charge in [0.1, 0.15) is 0 Å². The molecule has 0 fully saturated rings. The first-order valence-corrected chi connectivity index (χ1v) is 6.61. The van der Waals surface area contributed by atoms with Crippen LogP contribution in [0.15, 0.2) is 30.3 Å². The van der Waals surface area contributed by atoms with E-state index in [0.29, 0.717) is 5.88 Å². The zero-order chi connectivity index (χ0) is 12.5. The van der Waals surface area contributed by atoms with Crippen LogP contribution in [0.25, 0.3) is 0 Å². The zero-order valence-corrected chi connectivity index (χ0v) is 10.6. The van der Waals surface area contributed by atoms with Crippen LogP contribution >= 0.6 is 0 Å². The molecule has 0 bridgehead atoms. The van der Waals surface area contributed by atoms with Crippen LogP contribution in [-0.4, -0.2) is 14.9 Å². The summed E-state index contributed by atoms with van der Waals surface area (Å²) < 4.78 is 1.77. The predicted molar refractivity (Wildman–Crippen MR) is 70.8 cm³/mol. The number of rotatable bonds is 2. The van der Waals surface area contributed by atoms with Crippen LogP contribution in [0.5, 0.6) is 5.88 Å². The van der Waals surface area contributed by atoms with Crippen molar-refractivity contribution >= 4 is 0 Å². The molecule has 1 unspecified atom stereocenters. The Bertz CT molecular complexity index is 545. The second kappa shape index (κ2) is 4.48. The molecule has 1 atom stereocenters. The van der Waals surface area contributed by atoms with Gasteiger partial charge in [0.15, 0.2) is 0 Å². The molecule has 3 rings (SSSR count). The van der Waals surface area contributed by atoms with Crippen molar-refractivity contribution in [3.8, 4) is 5.88 Å². The highest BCUT2D eigenvalue weighted by Crippen LogP contribution is 2.32. The quantitative estimate of drug-likeness (QED) is 0.878. The van der Waals surface area contributed by atoms with Crippen molar-refractivity contribution in [2.45, 2.75) is 38.6 Å². The van der Waals surface area contributed by atoms with E-state index in [1.54, 1.807) is 4.68 Å². The molecular weight excluding hydrogens is 224 g/mol. The van der Waals surface area contributed by atoms with E-state index in [1.165, 1.54) is 12.0 Å². The van der Waals surface area contributed by atoms with E-state index in [2.05, 4.69) is 24.2 Å². The Morgan fingerprint density at radius 2 is 1.89 bits per heavy atom. The molecule has 1 aliphatic carbocycles. The summed E-state index contributed by atoms with van der Waals surface area (Å²) in [7, 11) is 0. The van der Waals surface area contributed by atoms with Gasteiger partial charge in [-0.1, -0.05) is 30.3 Å². The summed E-state index contributed by atoms with van der Waals surface area (Å²) in [5, 5.41) is 14.9. The molecular formula is C15H18N2O. The van der Waals surface area contributed by atoms with Crippen molar-refractivity contribution < 1.29 is 5.11 Å². The lowest BCUT2D eigenvalue weighted by Crippen LogP contribution is -2.08. The van der Waals surface area contributed by atoms with E-state index in [4.69, 9.17) is 0 Å². The number of benzene rings is 1. The SMILES string of the molecule is CC(c1ccccc1)n1nc2c(c1O)CCCC2. The minimum absolute atomic E-state index is 0.0804. The molecule has 0 saturated heterocycles. The van der Waals surface area contributed by atoms with Gasteiger partial charge in [0, 0.05) is 5.56 Å². The standard InChI is InChI=1S/C15H18N2O/c1-11(12-7-3-2-4-8-12)17-15(18)13-9-5-6-10-14(13)16-17/h2-4,7-8,11,18H,5-6,9-10H2,1H3. The minimum atomic E-state index is 0.0804. The number of hydrogen-bond donors (Lipinski definition) is 1. The summed E-state index contributed by atoms with van der Waals surface area (Å²) in [5.41, 5.74) is 3.32. The molecule has 3 heteroatoms. The van der Waals surface area contributed by atoms with E-state index in [9.17, 15) is 5.11 Å². The normalized spacial score (nSPS) is 16.3. The molecule has 0 radical (unpaired) electrons. The number of hydrogen-bond acceptors (Lipinski definition) is 2. The Kier molecular flexibility index (Phi) is 2.82. The van der Waals surface area contributed by atoms with Crippen LogP contribution in [0, 0.1) is 0 Å². The second-order valence-electron chi connectivity index (χ2n) is 4.99. The lowest BCUT2D eigenvalue weighted by atomic mass is 9.98. The molecule has 0 spiro atoms. The van der Waals surface area contributed by atoms with Gasteiger partial charge in [-0.15, -0.1) is 0 Å². The van der Waals surface area contributed by atoms with Crippen molar-refractivity contribution in [3.63, 3.8) is 0 Å². The number of aromatic hydroxyl groups is 1. The Labute approximate surface area is 107 Å². The first-order valence-electron chi connectivity index (χ1n) is 6.61. The molecule has 0 amide bonds. The summed E-state index contributed by atoms with van der Waals surface area (Å²) in [6.07, 6.45) is 4.30. The maximum atomic E-state index is 10.3. The fourth-order valence-corrected chi connectivity index (χ4v) is 2.70. The van der Waals surface area contributed by atoms with E-state index >= 15 is 0 Å². The van der Waals surface area contributed by atoms with Crippen molar-refractivity contribution in [1.29, 1.82) is 0 Å². The largest absolute Gasteiger partial charge is 0.493 e. The summed E-state index contributed by atoms with van der Waals surface area (Å²) in [6, 6.07) is 10.3. The monoisotopic (exact) mass is 242 g/mol. The van der Waals surface area contributed by atoms with Crippen LogP contribution < -0.4 is 0 Å². The molecule has 0 aliphatic heterocycles. The summed E-state index contributed by atoms with van der Waals surface area (Å²) >= 11 is 0. The summed E-state index contributed by atoms with van der Waals surface area (Å²) in [5.74, 6) is 0.362. The second-order valence-corrected chi connectivity index (χ2v) is 4.99. The molecule has 2 aromatic rings. The van der Waals surface area contributed by atoms with E-state index < -0.39 is 0 Å². The first-order chi connectivity index (χ1) is 8.77. The Hall–Kier alpha value is -1.77. The number of nitrogens with zero attached hydrogens (tertiary/aromatic N) is 2. The maximum absolute atomic E-state index is 10.3. The molecule has 94 valence electrons. The van der Waals surface area contributed by atoms with Crippen LogP contribution in [0.2, 0.25) is 0 Å². The molecule has 1 heterocycles. The highest BCUT2D eigenvalue weighted by molar-refractivity contribution is 5.34. The molecule has 1 N–H and O–H groups in total. The number of aryl methyl sites for hydroxylation is 1. The zero-order valence-electron chi connectivity index (χ0n) is 10.6. The topological polar surface area (TPSA) is 38.0 Å². The lowest BCUT2D eigenvalue weighted by molar-refractivity contribution is 0.382. The number of aromatic nitrogens is 2. The van der Waals surface area contributed by atoms with Crippen molar-refractivity contribution in [3.05, 3.63) is 47.2 Å².